The van der Waals surface area contributed by atoms with Gasteiger partial charge >= 0.3 is 0 Å². The number of hydrogen-bond donors (Lipinski definition) is 0. The van der Waals surface area contributed by atoms with Gasteiger partial charge in [-0.1, -0.05) is 19.9 Å². The quantitative estimate of drug-likeness (QED) is 0.725. The van der Waals surface area contributed by atoms with Crippen LogP contribution in [-0.2, 0) is 0 Å². The average Bonchev–Trinajstić information content (AvgIpc) is 2.38. The van der Waals surface area contributed by atoms with E-state index in [4.69, 9.17) is 9.47 Å². The Bertz CT molecular complexity index is 440. The Balaban J connectivity index is 2.10. The molecule has 90 valence electrons. The van der Waals surface area contributed by atoms with Crippen molar-refractivity contribution in [1.29, 1.82) is 0 Å². The molecule has 2 rings (SSSR count). The minimum atomic E-state index is 0.435. The average molecular weight is 230 g/mol. The zero-order chi connectivity index (χ0) is 12.1. The summed E-state index contributed by atoms with van der Waals surface area (Å²) in [4.78, 5) is 0. The van der Waals surface area contributed by atoms with Crippen LogP contribution in [0.5, 0.6) is 11.5 Å². The predicted molar refractivity (Wildman–Crippen MR) is 68.5 cm³/mol. The van der Waals surface area contributed by atoms with Gasteiger partial charge < -0.3 is 9.47 Å². The van der Waals surface area contributed by atoms with Crippen molar-refractivity contribution in [2.45, 2.75) is 32.6 Å². The Kier molecular flexibility index (Phi) is 3.93. The molecular weight excluding hydrogens is 212 g/mol. The lowest BCUT2D eigenvalue weighted by molar-refractivity contribution is 0.171. The molecule has 0 radical (unpaired) electrons. The maximum Gasteiger partial charge on any atom is 0.161 e. The summed E-state index contributed by atoms with van der Waals surface area (Å²) >= 11 is 0. The molecule has 1 aromatic rings. The fourth-order valence-corrected chi connectivity index (χ4v) is 1.83. The molecule has 0 aromatic heterocycles. The summed E-state index contributed by atoms with van der Waals surface area (Å²) in [6, 6.07) is 6.17. The van der Waals surface area contributed by atoms with Gasteiger partial charge in [0, 0.05) is 12.8 Å². The van der Waals surface area contributed by atoms with E-state index in [0.717, 1.165) is 24.3 Å². The zero-order valence-electron chi connectivity index (χ0n) is 10.5. The first-order valence-corrected chi connectivity index (χ1v) is 6.16. The van der Waals surface area contributed by atoms with Crippen molar-refractivity contribution >= 4 is 0 Å². The third-order valence-corrected chi connectivity index (χ3v) is 2.85. The third-order valence-electron chi connectivity index (χ3n) is 2.85. The predicted octanol–water partition coefficient (Wildman–Crippen LogP) is 3.36. The van der Waals surface area contributed by atoms with Crippen molar-refractivity contribution in [3.8, 4) is 23.3 Å². The van der Waals surface area contributed by atoms with E-state index in [-0.39, 0.29) is 0 Å². The van der Waals surface area contributed by atoms with Crippen LogP contribution in [0.2, 0.25) is 0 Å². The van der Waals surface area contributed by atoms with Crippen molar-refractivity contribution in [1.82, 2.24) is 0 Å². The second kappa shape index (κ2) is 5.63. The molecule has 0 saturated carbocycles. The lowest BCUT2D eigenvalue weighted by Crippen LogP contribution is -2.15. The minimum absolute atomic E-state index is 0.435. The second-order valence-corrected chi connectivity index (χ2v) is 4.22. The molecule has 0 saturated heterocycles. The van der Waals surface area contributed by atoms with Crippen LogP contribution in [0, 0.1) is 11.8 Å². The Morgan fingerprint density at radius 3 is 2.71 bits per heavy atom. The van der Waals surface area contributed by atoms with Crippen molar-refractivity contribution < 1.29 is 9.47 Å². The molecule has 1 aliphatic heterocycles. The van der Waals surface area contributed by atoms with Gasteiger partial charge in [0.15, 0.2) is 11.5 Å². The second-order valence-electron chi connectivity index (χ2n) is 4.22. The highest BCUT2D eigenvalue weighted by atomic mass is 16.6. The lowest BCUT2D eigenvalue weighted by atomic mass is 9.97. The van der Waals surface area contributed by atoms with Crippen molar-refractivity contribution in [3.63, 3.8) is 0 Å². The molecule has 1 unspecified atom stereocenters. The van der Waals surface area contributed by atoms with Crippen LogP contribution in [0.1, 0.15) is 38.2 Å². The SMILES string of the molecule is CCC#CCC(C)c1ccc2c(c1)OCCO2. The molecule has 0 aliphatic carbocycles. The van der Waals surface area contributed by atoms with Gasteiger partial charge in [-0.25, -0.2) is 0 Å². The minimum Gasteiger partial charge on any atom is -0.486 e. The van der Waals surface area contributed by atoms with E-state index in [2.05, 4.69) is 37.8 Å². The first kappa shape index (κ1) is 11.9. The largest absolute Gasteiger partial charge is 0.486 e. The van der Waals surface area contributed by atoms with Crippen LogP contribution in [0.3, 0.4) is 0 Å². The molecule has 1 heterocycles. The molecule has 17 heavy (non-hydrogen) atoms. The molecular formula is C15H18O2. The van der Waals surface area contributed by atoms with Gasteiger partial charge in [0.05, 0.1) is 0 Å². The van der Waals surface area contributed by atoms with Crippen LogP contribution in [-0.4, -0.2) is 13.2 Å². The van der Waals surface area contributed by atoms with Gasteiger partial charge in [-0.15, -0.1) is 11.8 Å². The van der Waals surface area contributed by atoms with Gasteiger partial charge in [0.2, 0.25) is 0 Å². The van der Waals surface area contributed by atoms with Crippen molar-refractivity contribution in [2.24, 2.45) is 0 Å². The molecule has 0 amide bonds. The van der Waals surface area contributed by atoms with E-state index in [1.807, 2.05) is 6.07 Å². The summed E-state index contributed by atoms with van der Waals surface area (Å²) in [5, 5.41) is 0. The van der Waals surface area contributed by atoms with Crippen LogP contribution in [0.15, 0.2) is 18.2 Å². The van der Waals surface area contributed by atoms with E-state index in [0.29, 0.717) is 19.1 Å². The highest BCUT2D eigenvalue weighted by Gasteiger charge is 2.13. The highest BCUT2D eigenvalue weighted by Crippen LogP contribution is 2.33. The highest BCUT2D eigenvalue weighted by molar-refractivity contribution is 5.44. The summed E-state index contributed by atoms with van der Waals surface area (Å²) in [7, 11) is 0. The third kappa shape index (κ3) is 2.94. The van der Waals surface area contributed by atoms with E-state index in [9.17, 15) is 0 Å². The monoisotopic (exact) mass is 230 g/mol. The number of benzene rings is 1. The maximum atomic E-state index is 5.58. The number of hydrogen-bond acceptors (Lipinski definition) is 2. The van der Waals surface area contributed by atoms with Gasteiger partial charge in [0.1, 0.15) is 13.2 Å². The molecule has 1 atom stereocenters. The van der Waals surface area contributed by atoms with E-state index in [1.165, 1.54) is 5.56 Å². The van der Waals surface area contributed by atoms with Crippen molar-refractivity contribution in [3.05, 3.63) is 23.8 Å². The Morgan fingerprint density at radius 2 is 1.94 bits per heavy atom. The van der Waals surface area contributed by atoms with Gasteiger partial charge in [-0.2, -0.15) is 0 Å². The Labute approximate surface area is 103 Å². The molecule has 1 aromatic carbocycles. The molecule has 0 bridgehead atoms. The topological polar surface area (TPSA) is 18.5 Å². The fourth-order valence-electron chi connectivity index (χ4n) is 1.83. The first-order valence-electron chi connectivity index (χ1n) is 6.16. The summed E-state index contributed by atoms with van der Waals surface area (Å²) in [6.45, 7) is 5.54. The fraction of sp³-hybridized carbons (Fsp3) is 0.467. The summed E-state index contributed by atoms with van der Waals surface area (Å²) in [5.41, 5.74) is 1.26. The van der Waals surface area contributed by atoms with Gasteiger partial charge in [-0.3, -0.25) is 0 Å². The summed E-state index contributed by atoms with van der Waals surface area (Å²) < 4.78 is 11.1. The number of ether oxygens (including phenoxy) is 2. The first-order chi connectivity index (χ1) is 8.31. The normalized spacial score (nSPS) is 14.7. The van der Waals surface area contributed by atoms with Crippen LogP contribution < -0.4 is 9.47 Å². The molecule has 1 aliphatic rings. The molecule has 2 nitrogen and oxygen atoms in total. The summed E-state index contributed by atoms with van der Waals surface area (Å²) in [5.74, 6) is 8.45. The Hall–Kier alpha value is -1.62. The molecule has 0 fully saturated rings. The van der Waals surface area contributed by atoms with E-state index >= 15 is 0 Å². The van der Waals surface area contributed by atoms with Gasteiger partial charge in [-0.05, 0) is 23.6 Å². The van der Waals surface area contributed by atoms with E-state index in [1.54, 1.807) is 0 Å². The Morgan fingerprint density at radius 1 is 1.18 bits per heavy atom. The van der Waals surface area contributed by atoms with E-state index < -0.39 is 0 Å². The summed E-state index contributed by atoms with van der Waals surface area (Å²) in [6.07, 6.45) is 1.82. The van der Waals surface area contributed by atoms with Crippen LogP contribution >= 0.6 is 0 Å². The number of rotatable bonds is 2. The standard InChI is InChI=1S/C15H18O2/c1-3-4-5-6-12(2)13-7-8-14-15(11-13)17-10-9-16-14/h7-8,11-12H,3,6,9-10H2,1-2H3. The molecule has 0 spiro atoms. The van der Waals surface area contributed by atoms with Crippen LogP contribution in [0.4, 0.5) is 0 Å². The van der Waals surface area contributed by atoms with Crippen molar-refractivity contribution in [2.75, 3.05) is 13.2 Å². The smallest absolute Gasteiger partial charge is 0.161 e. The molecule has 2 heteroatoms. The van der Waals surface area contributed by atoms with Gasteiger partial charge in [0.25, 0.3) is 0 Å². The maximum absolute atomic E-state index is 5.58. The zero-order valence-corrected chi connectivity index (χ0v) is 10.5. The lowest BCUT2D eigenvalue weighted by Gasteiger charge is -2.20. The molecule has 0 N–H and O–H groups in total. The number of fused-ring (bicyclic) bond motifs is 1. The van der Waals surface area contributed by atoms with Crippen LogP contribution in [0.25, 0.3) is 0 Å².